The molecular weight excluding hydrogens is 284 g/mol. The summed E-state index contributed by atoms with van der Waals surface area (Å²) in [7, 11) is 0. The normalized spacial score (nSPS) is 18.0. The Hall–Kier alpha value is -2.39. The van der Waals surface area contributed by atoms with Crippen LogP contribution in [0.25, 0.3) is 22.5 Å². The molecule has 0 spiro atoms. The van der Waals surface area contributed by atoms with Gasteiger partial charge in [0, 0.05) is 12.2 Å². The summed E-state index contributed by atoms with van der Waals surface area (Å²) in [5, 5.41) is 4.87. The van der Waals surface area contributed by atoms with Crippen LogP contribution in [-0.2, 0) is 4.74 Å². The second kappa shape index (κ2) is 6.39. The van der Waals surface area contributed by atoms with Gasteiger partial charge >= 0.3 is 0 Å². The lowest BCUT2D eigenvalue weighted by molar-refractivity contribution is -0.0382. The van der Waals surface area contributed by atoms with Crippen LogP contribution in [0.3, 0.4) is 0 Å². The molecule has 3 heteroatoms. The van der Waals surface area contributed by atoms with E-state index in [2.05, 4.69) is 47.1 Å². The van der Waals surface area contributed by atoms with E-state index in [9.17, 15) is 0 Å². The second-order valence-electron chi connectivity index (χ2n) is 5.91. The molecule has 0 amide bonds. The molecule has 23 heavy (non-hydrogen) atoms. The van der Waals surface area contributed by atoms with E-state index in [1.54, 1.807) is 0 Å². The summed E-state index contributed by atoms with van der Waals surface area (Å²) >= 11 is 0. The van der Waals surface area contributed by atoms with Gasteiger partial charge in [-0.3, -0.25) is 0 Å². The predicted octanol–water partition coefficient (Wildman–Crippen LogP) is 4.92. The van der Waals surface area contributed by atoms with Crippen molar-refractivity contribution in [2.75, 3.05) is 6.61 Å². The second-order valence-corrected chi connectivity index (χ2v) is 5.91. The van der Waals surface area contributed by atoms with Crippen molar-refractivity contribution >= 4 is 0 Å². The van der Waals surface area contributed by atoms with E-state index in [1.807, 2.05) is 24.3 Å². The maximum absolute atomic E-state index is 5.98. The van der Waals surface area contributed by atoms with Crippen LogP contribution in [0.4, 0.5) is 0 Å². The SMILES string of the molecule is c1ccc(-c2cc(-c3ccccc3)n(C3CCCCO3)n2)cc1. The number of nitrogens with zero attached hydrogens (tertiary/aromatic N) is 2. The fraction of sp³-hybridized carbons (Fsp3) is 0.250. The quantitative estimate of drug-likeness (QED) is 0.687. The molecule has 3 nitrogen and oxygen atoms in total. The Kier molecular flexibility index (Phi) is 3.95. The highest BCUT2D eigenvalue weighted by Crippen LogP contribution is 2.32. The molecule has 4 rings (SSSR count). The minimum atomic E-state index is 0.0384. The highest BCUT2D eigenvalue weighted by Gasteiger charge is 2.21. The number of hydrogen-bond acceptors (Lipinski definition) is 2. The third-order valence-electron chi connectivity index (χ3n) is 4.30. The smallest absolute Gasteiger partial charge is 0.150 e. The van der Waals surface area contributed by atoms with Gasteiger partial charge < -0.3 is 4.74 Å². The number of rotatable bonds is 3. The van der Waals surface area contributed by atoms with Crippen molar-refractivity contribution < 1.29 is 4.74 Å². The fourth-order valence-electron chi connectivity index (χ4n) is 3.11. The molecule has 3 aromatic rings. The first-order valence-corrected chi connectivity index (χ1v) is 8.24. The molecule has 0 aliphatic carbocycles. The van der Waals surface area contributed by atoms with E-state index in [0.29, 0.717) is 0 Å². The monoisotopic (exact) mass is 304 g/mol. The van der Waals surface area contributed by atoms with Crippen molar-refractivity contribution in [3.63, 3.8) is 0 Å². The molecular formula is C20H20N2O. The standard InChI is InChI=1S/C20H20N2O/c1-3-9-16(10-4-1)18-15-19(17-11-5-2-6-12-17)22(21-18)20-13-7-8-14-23-20/h1-6,9-12,15,20H,7-8,13-14H2. The van der Waals surface area contributed by atoms with Crippen LogP contribution in [0.2, 0.25) is 0 Å². The number of hydrogen-bond donors (Lipinski definition) is 0. The molecule has 0 bridgehead atoms. The molecule has 0 saturated carbocycles. The summed E-state index contributed by atoms with van der Waals surface area (Å²) in [6.45, 7) is 0.819. The van der Waals surface area contributed by atoms with E-state index in [-0.39, 0.29) is 6.23 Å². The van der Waals surface area contributed by atoms with Gasteiger partial charge in [-0.05, 0) is 30.9 Å². The van der Waals surface area contributed by atoms with Gasteiger partial charge in [-0.2, -0.15) is 5.10 Å². The highest BCUT2D eigenvalue weighted by molar-refractivity contribution is 5.68. The summed E-state index contributed by atoms with van der Waals surface area (Å²) < 4.78 is 8.04. The van der Waals surface area contributed by atoms with Crippen LogP contribution in [0.1, 0.15) is 25.5 Å². The van der Waals surface area contributed by atoms with Crippen molar-refractivity contribution in [2.45, 2.75) is 25.5 Å². The zero-order valence-corrected chi connectivity index (χ0v) is 13.1. The average Bonchev–Trinajstić information content (AvgIpc) is 3.09. The van der Waals surface area contributed by atoms with Gasteiger partial charge in [-0.1, -0.05) is 60.7 Å². The molecule has 1 atom stereocenters. The molecule has 1 unspecified atom stereocenters. The number of benzene rings is 2. The van der Waals surface area contributed by atoms with E-state index in [0.717, 1.165) is 36.4 Å². The lowest BCUT2D eigenvalue weighted by Crippen LogP contribution is -2.20. The summed E-state index contributed by atoms with van der Waals surface area (Å²) in [4.78, 5) is 0. The first kappa shape index (κ1) is 14.2. The third-order valence-corrected chi connectivity index (χ3v) is 4.30. The lowest BCUT2D eigenvalue weighted by Gasteiger charge is -2.24. The van der Waals surface area contributed by atoms with Crippen molar-refractivity contribution in [3.8, 4) is 22.5 Å². The summed E-state index contributed by atoms with van der Waals surface area (Å²) in [5.41, 5.74) is 4.44. The van der Waals surface area contributed by atoms with Crippen LogP contribution in [0.5, 0.6) is 0 Å². The van der Waals surface area contributed by atoms with E-state index in [1.165, 1.54) is 12.0 Å². The van der Waals surface area contributed by atoms with E-state index in [4.69, 9.17) is 9.84 Å². The number of ether oxygens (including phenoxy) is 1. The summed E-state index contributed by atoms with van der Waals surface area (Å²) in [5.74, 6) is 0. The zero-order chi connectivity index (χ0) is 15.5. The van der Waals surface area contributed by atoms with Gasteiger partial charge in [0.25, 0.3) is 0 Å². The van der Waals surface area contributed by atoms with Gasteiger partial charge in [-0.15, -0.1) is 0 Å². The van der Waals surface area contributed by atoms with Gasteiger partial charge in [-0.25, -0.2) is 4.68 Å². The van der Waals surface area contributed by atoms with Gasteiger partial charge in [0.05, 0.1) is 11.4 Å². The van der Waals surface area contributed by atoms with Crippen LogP contribution in [0, 0.1) is 0 Å². The average molecular weight is 304 g/mol. The van der Waals surface area contributed by atoms with Gasteiger partial charge in [0.15, 0.2) is 6.23 Å². The van der Waals surface area contributed by atoms with Crippen molar-refractivity contribution in [1.82, 2.24) is 9.78 Å². The Labute approximate surface area is 136 Å². The summed E-state index contributed by atoms with van der Waals surface area (Å²) in [6, 6.07) is 22.9. The molecule has 0 N–H and O–H groups in total. The molecule has 116 valence electrons. The Bertz CT molecular complexity index is 759. The maximum Gasteiger partial charge on any atom is 0.150 e. The molecule has 1 saturated heterocycles. The summed E-state index contributed by atoms with van der Waals surface area (Å²) in [6.07, 6.45) is 3.40. The molecule has 2 heterocycles. The molecule has 2 aromatic carbocycles. The maximum atomic E-state index is 5.98. The molecule has 1 aliphatic heterocycles. The van der Waals surface area contributed by atoms with Crippen LogP contribution >= 0.6 is 0 Å². The Morgan fingerprint density at radius 1 is 0.870 bits per heavy atom. The lowest BCUT2D eigenvalue weighted by atomic mass is 10.1. The Balaban J connectivity index is 1.80. The van der Waals surface area contributed by atoms with Gasteiger partial charge in [0.1, 0.15) is 0 Å². The van der Waals surface area contributed by atoms with Crippen LogP contribution < -0.4 is 0 Å². The van der Waals surface area contributed by atoms with Crippen LogP contribution in [-0.4, -0.2) is 16.4 Å². The van der Waals surface area contributed by atoms with Gasteiger partial charge in [0.2, 0.25) is 0 Å². The topological polar surface area (TPSA) is 27.1 Å². The first-order valence-electron chi connectivity index (χ1n) is 8.24. The third kappa shape index (κ3) is 2.92. The fourth-order valence-corrected chi connectivity index (χ4v) is 3.11. The van der Waals surface area contributed by atoms with Crippen molar-refractivity contribution in [1.29, 1.82) is 0 Å². The minimum absolute atomic E-state index is 0.0384. The highest BCUT2D eigenvalue weighted by atomic mass is 16.5. The molecule has 1 fully saturated rings. The zero-order valence-electron chi connectivity index (χ0n) is 13.1. The van der Waals surface area contributed by atoms with Crippen molar-refractivity contribution in [3.05, 3.63) is 66.7 Å². The Morgan fingerprint density at radius 2 is 1.57 bits per heavy atom. The van der Waals surface area contributed by atoms with Crippen LogP contribution in [0.15, 0.2) is 66.7 Å². The van der Waals surface area contributed by atoms with E-state index < -0.39 is 0 Å². The Morgan fingerprint density at radius 3 is 2.22 bits per heavy atom. The predicted molar refractivity (Wildman–Crippen MR) is 91.9 cm³/mol. The largest absolute Gasteiger partial charge is 0.356 e. The first-order chi connectivity index (χ1) is 11.4. The van der Waals surface area contributed by atoms with Crippen molar-refractivity contribution in [2.24, 2.45) is 0 Å². The number of aromatic nitrogens is 2. The molecule has 1 aromatic heterocycles. The molecule has 1 aliphatic rings. The van der Waals surface area contributed by atoms with E-state index >= 15 is 0 Å². The molecule has 0 radical (unpaired) electrons. The minimum Gasteiger partial charge on any atom is -0.356 e.